The lowest BCUT2D eigenvalue weighted by molar-refractivity contribution is -0.137. The third-order valence-corrected chi connectivity index (χ3v) is 8.67. The summed E-state index contributed by atoms with van der Waals surface area (Å²) >= 11 is 0. The van der Waals surface area contributed by atoms with E-state index in [0.717, 1.165) is 54.4 Å². The number of carboxylic acid groups (broad SMARTS) is 1. The van der Waals surface area contributed by atoms with Gasteiger partial charge in [0.05, 0.1) is 13.5 Å². The van der Waals surface area contributed by atoms with Crippen LogP contribution in [0.15, 0.2) is 48.5 Å². The summed E-state index contributed by atoms with van der Waals surface area (Å²) in [6.07, 6.45) is 5.38. The number of benzene rings is 3. The third-order valence-electron chi connectivity index (χ3n) is 8.67. The number of hydrogen-bond donors (Lipinski definition) is 1. The Kier molecular flexibility index (Phi) is 7.66. The Morgan fingerprint density at radius 1 is 1.03 bits per heavy atom. The van der Waals surface area contributed by atoms with Crippen molar-refractivity contribution in [3.05, 3.63) is 82.4 Å². The zero-order chi connectivity index (χ0) is 27.7. The molecule has 1 N–H and O–H groups in total. The molecule has 0 heterocycles. The van der Waals surface area contributed by atoms with Gasteiger partial charge < -0.3 is 14.6 Å². The lowest BCUT2D eigenvalue weighted by Crippen LogP contribution is -2.17. The molecule has 0 amide bonds. The highest BCUT2D eigenvalue weighted by atomic mass is 19.1. The summed E-state index contributed by atoms with van der Waals surface area (Å²) in [5.41, 5.74) is 4.70. The number of carboxylic acids is 1. The number of rotatable bonds is 8. The molecule has 5 rings (SSSR count). The third kappa shape index (κ3) is 5.52. The van der Waals surface area contributed by atoms with E-state index in [-0.39, 0.29) is 41.8 Å². The minimum absolute atomic E-state index is 0.0628. The van der Waals surface area contributed by atoms with Crippen LogP contribution in [-0.2, 0) is 17.8 Å². The second-order valence-electron chi connectivity index (χ2n) is 11.6. The van der Waals surface area contributed by atoms with E-state index in [4.69, 9.17) is 9.47 Å². The van der Waals surface area contributed by atoms with E-state index in [0.29, 0.717) is 23.3 Å². The maximum atomic E-state index is 15.6. The van der Waals surface area contributed by atoms with Crippen LogP contribution in [0.1, 0.15) is 86.5 Å². The van der Waals surface area contributed by atoms with Gasteiger partial charge in [0.1, 0.15) is 18.2 Å². The first-order chi connectivity index (χ1) is 18.7. The minimum atomic E-state index is -0.923. The molecule has 0 aliphatic heterocycles. The molecule has 2 aliphatic rings. The number of halogens is 2. The Balaban J connectivity index is 1.48. The highest BCUT2D eigenvalue weighted by molar-refractivity contribution is 5.71. The van der Waals surface area contributed by atoms with Crippen molar-refractivity contribution < 1.29 is 28.2 Å². The predicted octanol–water partition coefficient (Wildman–Crippen LogP) is 8.41. The summed E-state index contributed by atoms with van der Waals surface area (Å²) < 4.78 is 42.0. The number of carbonyl (C=O) groups is 1. The highest BCUT2D eigenvalue weighted by Crippen LogP contribution is 2.51. The van der Waals surface area contributed by atoms with Gasteiger partial charge in [-0.3, -0.25) is 4.79 Å². The molecule has 2 aliphatic carbocycles. The maximum Gasteiger partial charge on any atom is 0.303 e. The van der Waals surface area contributed by atoms with Crippen molar-refractivity contribution in [3.8, 4) is 22.6 Å². The van der Waals surface area contributed by atoms with Gasteiger partial charge in [0.15, 0.2) is 11.6 Å². The molecular weight excluding hydrogens is 498 g/mol. The lowest BCUT2D eigenvalue weighted by atomic mass is 9.75. The fraction of sp³-hybridized carbons (Fsp3) is 0.424. The molecule has 0 bridgehead atoms. The number of aryl methyl sites for hydroxylation is 1. The van der Waals surface area contributed by atoms with Crippen LogP contribution in [-0.4, -0.2) is 18.2 Å². The van der Waals surface area contributed by atoms with Gasteiger partial charge in [-0.15, -0.1) is 0 Å². The van der Waals surface area contributed by atoms with Crippen LogP contribution in [0.3, 0.4) is 0 Å². The molecular formula is C33H36F2O4. The Morgan fingerprint density at radius 2 is 1.85 bits per heavy atom. The van der Waals surface area contributed by atoms with Gasteiger partial charge in [0, 0.05) is 5.56 Å². The Hall–Kier alpha value is -3.41. The summed E-state index contributed by atoms with van der Waals surface area (Å²) in [6, 6.07) is 14.2. The van der Waals surface area contributed by atoms with E-state index in [1.165, 1.54) is 6.07 Å². The molecule has 1 saturated carbocycles. The van der Waals surface area contributed by atoms with Gasteiger partial charge in [0.2, 0.25) is 0 Å². The summed E-state index contributed by atoms with van der Waals surface area (Å²) in [7, 11) is 1.57. The van der Waals surface area contributed by atoms with E-state index in [9.17, 15) is 9.90 Å². The topological polar surface area (TPSA) is 55.8 Å². The van der Waals surface area contributed by atoms with Crippen LogP contribution < -0.4 is 9.47 Å². The molecule has 3 aromatic carbocycles. The summed E-state index contributed by atoms with van der Waals surface area (Å²) in [5, 5.41) is 9.32. The van der Waals surface area contributed by atoms with E-state index in [1.807, 2.05) is 18.2 Å². The molecule has 0 saturated heterocycles. The van der Waals surface area contributed by atoms with Gasteiger partial charge in [-0.1, -0.05) is 44.5 Å². The molecule has 4 nitrogen and oxygen atoms in total. The first-order valence-corrected chi connectivity index (χ1v) is 13.8. The standard InChI is InChI=1S/C33H36F2O4/c1-33(2)15-5-8-27(33)25-16-20(9-12-24(25)26-18-23(38-3)11-13-28(26)34)19-39-29-14-10-21-6-4-7-22(17-30(36)37)31(21)32(29)35/h9-14,16,18,22,27H,4-8,15,17,19H2,1-3H3,(H,36,37)/t22?,27-/m0/s1. The monoisotopic (exact) mass is 534 g/mol. The number of hydrogen-bond acceptors (Lipinski definition) is 3. The lowest BCUT2D eigenvalue weighted by Gasteiger charge is -2.30. The average Bonchev–Trinajstić information content (AvgIpc) is 3.27. The summed E-state index contributed by atoms with van der Waals surface area (Å²) in [6.45, 7) is 4.67. The number of aliphatic carboxylic acids is 1. The van der Waals surface area contributed by atoms with Gasteiger partial charge in [-0.25, -0.2) is 8.78 Å². The number of fused-ring (bicyclic) bond motifs is 1. The number of methoxy groups -OCH3 is 1. The largest absolute Gasteiger partial charge is 0.497 e. The van der Waals surface area contributed by atoms with Crippen LogP contribution in [0.4, 0.5) is 8.78 Å². The molecule has 206 valence electrons. The van der Waals surface area contributed by atoms with Crippen LogP contribution in [0, 0.1) is 17.0 Å². The zero-order valence-corrected chi connectivity index (χ0v) is 22.9. The van der Waals surface area contributed by atoms with Crippen molar-refractivity contribution in [1.82, 2.24) is 0 Å². The quantitative estimate of drug-likeness (QED) is 0.315. The van der Waals surface area contributed by atoms with E-state index in [1.54, 1.807) is 25.3 Å². The van der Waals surface area contributed by atoms with E-state index < -0.39 is 11.8 Å². The van der Waals surface area contributed by atoms with Crippen LogP contribution >= 0.6 is 0 Å². The minimum Gasteiger partial charge on any atom is -0.497 e. The zero-order valence-electron chi connectivity index (χ0n) is 22.9. The van der Waals surface area contributed by atoms with E-state index in [2.05, 4.69) is 19.9 Å². The average molecular weight is 535 g/mol. The van der Waals surface area contributed by atoms with Crippen molar-refractivity contribution in [1.29, 1.82) is 0 Å². The van der Waals surface area contributed by atoms with Crippen LogP contribution in [0.5, 0.6) is 11.5 Å². The Morgan fingerprint density at radius 3 is 2.56 bits per heavy atom. The molecule has 0 radical (unpaired) electrons. The van der Waals surface area contributed by atoms with Crippen molar-refractivity contribution >= 4 is 5.97 Å². The SMILES string of the molecule is COc1ccc(F)c(-c2ccc(COc3ccc4c(c3F)C(CC(=O)O)CCC4)cc2[C@@H]2CCCC2(C)C)c1. The van der Waals surface area contributed by atoms with Crippen LogP contribution in [0.2, 0.25) is 0 Å². The van der Waals surface area contributed by atoms with E-state index >= 15 is 8.78 Å². The molecule has 3 aromatic rings. The van der Waals surface area contributed by atoms with Gasteiger partial charge in [-0.05, 0) is 101 Å². The number of ether oxygens (including phenoxy) is 2. The second-order valence-corrected chi connectivity index (χ2v) is 11.6. The van der Waals surface area contributed by atoms with Crippen molar-refractivity contribution in [2.75, 3.05) is 7.11 Å². The molecule has 2 atom stereocenters. The Bertz CT molecular complexity index is 1380. The predicted molar refractivity (Wildman–Crippen MR) is 147 cm³/mol. The first kappa shape index (κ1) is 27.2. The smallest absolute Gasteiger partial charge is 0.303 e. The fourth-order valence-electron chi connectivity index (χ4n) is 6.62. The molecule has 0 spiro atoms. The van der Waals surface area contributed by atoms with Gasteiger partial charge in [-0.2, -0.15) is 0 Å². The molecule has 39 heavy (non-hydrogen) atoms. The van der Waals surface area contributed by atoms with Crippen molar-refractivity contribution in [3.63, 3.8) is 0 Å². The fourth-order valence-corrected chi connectivity index (χ4v) is 6.62. The first-order valence-electron chi connectivity index (χ1n) is 13.8. The summed E-state index contributed by atoms with van der Waals surface area (Å²) in [5.74, 6) is -1.04. The highest BCUT2D eigenvalue weighted by Gasteiger charge is 2.37. The van der Waals surface area contributed by atoms with Crippen LogP contribution in [0.25, 0.3) is 11.1 Å². The second kappa shape index (κ2) is 11.0. The Labute approximate surface area is 229 Å². The maximum absolute atomic E-state index is 15.6. The molecule has 1 fully saturated rings. The normalized spacial score (nSPS) is 19.9. The molecule has 6 heteroatoms. The molecule has 1 unspecified atom stereocenters. The van der Waals surface area contributed by atoms with Crippen molar-refractivity contribution in [2.45, 2.75) is 77.2 Å². The summed E-state index contributed by atoms with van der Waals surface area (Å²) in [4.78, 5) is 11.4. The van der Waals surface area contributed by atoms with Gasteiger partial charge >= 0.3 is 5.97 Å². The van der Waals surface area contributed by atoms with Crippen molar-refractivity contribution in [2.24, 2.45) is 5.41 Å². The molecule has 0 aromatic heterocycles. The van der Waals surface area contributed by atoms with Gasteiger partial charge in [0.25, 0.3) is 0 Å².